The zero-order valence-corrected chi connectivity index (χ0v) is 27.7. The first-order valence-corrected chi connectivity index (χ1v) is 15.9. The van der Waals surface area contributed by atoms with Gasteiger partial charge in [0.1, 0.15) is 0 Å². The fraction of sp³-hybridized carbons (Fsp3) is 0.394. The lowest BCUT2D eigenvalue weighted by atomic mass is 10.0. The van der Waals surface area contributed by atoms with E-state index in [2.05, 4.69) is 0 Å². The summed E-state index contributed by atoms with van der Waals surface area (Å²) in [6.45, 7) is 4.02. The SMILES string of the molecule is COC(=O)[C@@H](C)CC(=O)c1cc2cc(OCCCOc3cc4cc(C(=O)C[C@H](C)C(=O)OC)sc4cc3OC)c(OC)cc2s1. The number of carbonyl (C=O) groups is 4. The Balaban J connectivity index is 1.37. The second-order valence-electron chi connectivity index (χ2n) is 10.5. The molecular formula is C33H36O10S2. The molecule has 45 heavy (non-hydrogen) atoms. The van der Waals surface area contributed by atoms with Crippen LogP contribution in [0.4, 0.5) is 0 Å². The van der Waals surface area contributed by atoms with Gasteiger partial charge in [0.25, 0.3) is 0 Å². The number of carbonyl (C=O) groups excluding carboxylic acids is 4. The number of ketones is 2. The van der Waals surface area contributed by atoms with Gasteiger partial charge < -0.3 is 28.4 Å². The zero-order chi connectivity index (χ0) is 32.7. The number of hydrogen-bond donors (Lipinski definition) is 0. The van der Waals surface area contributed by atoms with Crippen molar-refractivity contribution in [1.29, 1.82) is 0 Å². The van der Waals surface area contributed by atoms with Gasteiger partial charge in [0.05, 0.1) is 63.2 Å². The van der Waals surface area contributed by atoms with Gasteiger partial charge in [-0.2, -0.15) is 0 Å². The Kier molecular flexibility index (Phi) is 11.4. The Morgan fingerprint density at radius 2 is 1.00 bits per heavy atom. The van der Waals surface area contributed by atoms with Crippen molar-refractivity contribution in [2.75, 3.05) is 41.7 Å². The average Bonchev–Trinajstić information content (AvgIpc) is 3.66. The summed E-state index contributed by atoms with van der Waals surface area (Å²) < 4.78 is 34.3. The summed E-state index contributed by atoms with van der Waals surface area (Å²) in [5.74, 6) is 0.0455. The van der Waals surface area contributed by atoms with Crippen molar-refractivity contribution < 1.29 is 47.6 Å². The van der Waals surface area contributed by atoms with Crippen molar-refractivity contribution in [3.63, 3.8) is 0 Å². The van der Waals surface area contributed by atoms with Crippen LogP contribution in [0.15, 0.2) is 36.4 Å². The van der Waals surface area contributed by atoms with E-state index < -0.39 is 23.8 Å². The Bertz CT molecular complexity index is 1580. The number of benzene rings is 2. The zero-order valence-electron chi connectivity index (χ0n) is 26.1. The Labute approximate surface area is 269 Å². The van der Waals surface area contributed by atoms with Crippen LogP contribution < -0.4 is 18.9 Å². The molecule has 0 N–H and O–H groups in total. The van der Waals surface area contributed by atoms with Crippen molar-refractivity contribution in [3.05, 3.63) is 46.2 Å². The number of thiophene rings is 2. The Morgan fingerprint density at radius 1 is 0.600 bits per heavy atom. The second-order valence-corrected chi connectivity index (χ2v) is 12.6. The van der Waals surface area contributed by atoms with Gasteiger partial charge in [-0.25, -0.2) is 0 Å². The molecule has 0 spiro atoms. The van der Waals surface area contributed by atoms with Gasteiger partial charge in [-0.1, -0.05) is 13.8 Å². The summed E-state index contributed by atoms with van der Waals surface area (Å²) >= 11 is 2.68. The maximum absolute atomic E-state index is 12.8. The second kappa shape index (κ2) is 15.2. The minimum Gasteiger partial charge on any atom is -0.493 e. The van der Waals surface area contributed by atoms with Gasteiger partial charge in [-0.05, 0) is 35.0 Å². The van der Waals surface area contributed by atoms with Crippen molar-refractivity contribution >= 4 is 66.4 Å². The van der Waals surface area contributed by atoms with Gasteiger partial charge >= 0.3 is 11.9 Å². The smallest absolute Gasteiger partial charge is 0.308 e. The number of ether oxygens (including phenoxy) is 6. The quantitative estimate of drug-likeness (QED) is 0.0727. The summed E-state index contributed by atoms with van der Waals surface area (Å²) in [6, 6.07) is 10.9. The molecule has 0 bridgehead atoms. The van der Waals surface area contributed by atoms with Crippen molar-refractivity contribution in [3.8, 4) is 23.0 Å². The van der Waals surface area contributed by atoms with Crippen LogP contribution in [-0.4, -0.2) is 65.2 Å². The van der Waals surface area contributed by atoms with E-state index in [4.69, 9.17) is 28.4 Å². The predicted molar refractivity (Wildman–Crippen MR) is 173 cm³/mol. The molecule has 0 amide bonds. The highest BCUT2D eigenvalue weighted by molar-refractivity contribution is 7.21. The molecule has 10 nitrogen and oxygen atoms in total. The summed E-state index contributed by atoms with van der Waals surface area (Å²) in [5, 5.41) is 1.68. The van der Waals surface area contributed by atoms with Crippen LogP contribution in [0, 0.1) is 11.8 Å². The number of hydrogen-bond acceptors (Lipinski definition) is 12. The normalized spacial score (nSPS) is 12.4. The topological polar surface area (TPSA) is 124 Å². The maximum Gasteiger partial charge on any atom is 0.308 e. The lowest BCUT2D eigenvalue weighted by Crippen LogP contribution is -2.16. The minimum absolute atomic E-state index is 0.0692. The first-order chi connectivity index (χ1) is 21.6. The van der Waals surface area contributed by atoms with E-state index in [-0.39, 0.29) is 24.4 Å². The molecule has 2 aromatic carbocycles. The highest BCUT2D eigenvalue weighted by Gasteiger charge is 2.22. The number of rotatable bonds is 16. The van der Waals surface area contributed by atoms with Crippen LogP contribution in [-0.2, 0) is 19.1 Å². The number of methoxy groups -OCH3 is 4. The molecule has 0 unspecified atom stereocenters. The largest absolute Gasteiger partial charge is 0.493 e. The maximum atomic E-state index is 12.8. The van der Waals surface area contributed by atoms with Crippen molar-refractivity contribution in [2.24, 2.45) is 11.8 Å². The minimum atomic E-state index is -0.523. The number of Topliss-reactive ketones (excluding diaryl/α,β-unsaturated/α-hetero) is 2. The molecule has 240 valence electrons. The monoisotopic (exact) mass is 656 g/mol. The van der Waals surface area contributed by atoms with E-state index in [0.717, 1.165) is 20.2 Å². The van der Waals surface area contributed by atoms with Gasteiger partial charge in [0.2, 0.25) is 0 Å². The molecular weight excluding hydrogens is 620 g/mol. The number of esters is 2. The highest BCUT2D eigenvalue weighted by Crippen LogP contribution is 2.39. The summed E-state index contributed by atoms with van der Waals surface area (Å²) in [5.41, 5.74) is 0. The van der Waals surface area contributed by atoms with Gasteiger partial charge in [0.15, 0.2) is 34.6 Å². The Hall–Kier alpha value is -4.16. The summed E-state index contributed by atoms with van der Waals surface area (Å²) in [6.07, 6.45) is 0.694. The molecule has 4 rings (SSSR count). The van der Waals surface area contributed by atoms with Gasteiger partial charge in [-0.3, -0.25) is 19.2 Å². The summed E-state index contributed by atoms with van der Waals surface area (Å²) in [7, 11) is 5.73. The van der Waals surface area contributed by atoms with Gasteiger partial charge in [-0.15, -0.1) is 22.7 Å². The molecule has 4 aromatic rings. The number of fused-ring (bicyclic) bond motifs is 2. The van der Waals surface area contributed by atoms with Crippen LogP contribution >= 0.6 is 22.7 Å². The van der Waals surface area contributed by atoms with E-state index in [1.807, 2.05) is 24.3 Å². The van der Waals surface area contributed by atoms with Crippen molar-refractivity contribution in [2.45, 2.75) is 33.1 Å². The molecule has 2 aromatic heterocycles. The lowest BCUT2D eigenvalue weighted by Gasteiger charge is -2.13. The fourth-order valence-corrected chi connectivity index (χ4v) is 6.71. The summed E-state index contributed by atoms with van der Waals surface area (Å²) in [4.78, 5) is 50.1. The van der Waals surface area contributed by atoms with Crippen LogP contribution in [0.1, 0.15) is 52.5 Å². The molecule has 0 aliphatic heterocycles. The third-order valence-electron chi connectivity index (χ3n) is 7.15. The Morgan fingerprint density at radius 3 is 1.36 bits per heavy atom. The van der Waals surface area contributed by atoms with Crippen LogP contribution in [0.5, 0.6) is 23.0 Å². The van der Waals surface area contributed by atoms with Crippen LogP contribution in [0.2, 0.25) is 0 Å². The molecule has 0 saturated carbocycles. The molecule has 2 heterocycles. The van der Waals surface area contributed by atoms with E-state index in [1.165, 1.54) is 36.9 Å². The highest BCUT2D eigenvalue weighted by atomic mass is 32.1. The first-order valence-electron chi connectivity index (χ1n) is 14.3. The molecule has 12 heteroatoms. The third-order valence-corrected chi connectivity index (χ3v) is 9.43. The lowest BCUT2D eigenvalue weighted by molar-refractivity contribution is -0.145. The first kappa shape index (κ1) is 33.7. The molecule has 2 atom stereocenters. The predicted octanol–water partition coefficient (Wildman–Crippen LogP) is 6.74. The van der Waals surface area contributed by atoms with E-state index >= 15 is 0 Å². The average molecular weight is 657 g/mol. The molecule has 0 aliphatic rings. The van der Waals surface area contributed by atoms with Crippen LogP contribution in [0.25, 0.3) is 20.2 Å². The molecule has 0 aliphatic carbocycles. The van der Waals surface area contributed by atoms with E-state index in [0.29, 0.717) is 52.4 Å². The fourth-order valence-electron chi connectivity index (χ4n) is 4.66. The van der Waals surface area contributed by atoms with Crippen LogP contribution in [0.3, 0.4) is 0 Å². The van der Waals surface area contributed by atoms with E-state index in [1.54, 1.807) is 40.2 Å². The molecule has 0 radical (unpaired) electrons. The van der Waals surface area contributed by atoms with Gasteiger partial charge in [0, 0.05) is 40.8 Å². The van der Waals surface area contributed by atoms with E-state index in [9.17, 15) is 19.2 Å². The molecule has 0 fully saturated rings. The standard InChI is InChI=1S/C33H36O10S2/c1-18(32(36)40-5)10-22(34)30-14-20-12-26(24(38-3)16-28(20)44-30)42-8-7-9-43-27-13-21-15-31(45-29(21)17-25(27)39-4)23(35)11-19(2)33(37)41-6/h12-19H,7-11H2,1-6H3/t18-,19-/m0/s1. The van der Waals surface area contributed by atoms with Crippen molar-refractivity contribution in [1.82, 2.24) is 0 Å². The molecule has 0 saturated heterocycles. The third kappa shape index (κ3) is 8.12.